The number of alkyl halides is 3. The number of hydrogen-bond donors (Lipinski definition) is 3. The Morgan fingerprint density at radius 3 is 2.59 bits per heavy atom. The maximum Gasteiger partial charge on any atom is 0.416 e. The Hall–Kier alpha value is -4.14. The summed E-state index contributed by atoms with van der Waals surface area (Å²) >= 11 is 0. The lowest BCUT2D eigenvalue weighted by atomic mass is 10.1. The molecule has 0 unspecified atom stereocenters. The van der Waals surface area contributed by atoms with Crippen molar-refractivity contribution < 1.29 is 18.0 Å². The molecule has 0 atom stereocenters. The van der Waals surface area contributed by atoms with Crippen LogP contribution in [0.15, 0.2) is 66.7 Å². The van der Waals surface area contributed by atoms with E-state index in [4.69, 9.17) is 0 Å². The third-order valence-corrected chi connectivity index (χ3v) is 5.20. The average molecular weight is 435 g/mol. The van der Waals surface area contributed by atoms with E-state index in [0.717, 1.165) is 17.0 Å². The quantitative estimate of drug-likeness (QED) is 0.369. The van der Waals surface area contributed by atoms with Crippen LogP contribution < -0.4 is 5.32 Å². The van der Waals surface area contributed by atoms with E-state index in [2.05, 4.69) is 25.5 Å². The number of H-pyrrole nitrogens is 2. The summed E-state index contributed by atoms with van der Waals surface area (Å²) in [7, 11) is 0. The van der Waals surface area contributed by atoms with Crippen LogP contribution in [-0.2, 0) is 12.7 Å². The molecule has 5 aromatic rings. The Labute approximate surface area is 179 Å². The molecular weight excluding hydrogens is 419 g/mol. The second-order valence-corrected chi connectivity index (χ2v) is 7.27. The van der Waals surface area contributed by atoms with Crippen LogP contribution in [0.1, 0.15) is 21.5 Å². The summed E-state index contributed by atoms with van der Waals surface area (Å²) in [5.74, 6) is 0.0689. The molecule has 6 nitrogen and oxygen atoms in total. The van der Waals surface area contributed by atoms with Crippen molar-refractivity contribution >= 4 is 27.8 Å². The first-order valence-electron chi connectivity index (χ1n) is 9.77. The van der Waals surface area contributed by atoms with E-state index in [9.17, 15) is 18.0 Å². The molecule has 3 aromatic carbocycles. The predicted molar refractivity (Wildman–Crippen MR) is 114 cm³/mol. The fourth-order valence-corrected chi connectivity index (χ4v) is 3.64. The number of nitrogens with one attached hydrogen (secondary N) is 3. The van der Waals surface area contributed by atoms with E-state index < -0.39 is 17.6 Å². The third kappa shape index (κ3) is 3.58. The lowest BCUT2D eigenvalue weighted by Crippen LogP contribution is -2.24. The number of fused-ring (bicyclic) bond motifs is 2. The van der Waals surface area contributed by atoms with Gasteiger partial charge in [-0.25, -0.2) is 4.98 Å². The first-order chi connectivity index (χ1) is 15.4. The van der Waals surface area contributed by atoms with Gasteiger partial charge in [0.15, 0.2) is 5.82 Å². The Kier molecular flexibility index (Phi) is 4.66. The lowest BCUT2D eigenvalue weighted by Gasteiger charge is -2.13. The van der Waals surface area contributed by atoms with Gasteiger partial charge in [0.2, 0.25) is 0 Å². The van der Waals surface area contributed by atoms with Gasteiger partial charge in [0.25, 0.3) is 5.91 Å². The minimum Gasteiger partial charge on any atom is -0.348 e. The molecular formula is C23H16F3N5O. The van der Waals surface area contributed by atoms with Gasteiger partial charge in [0.1, 0.15) is 5.69 Å². The summed E-state index contributed by atoms with van der Waals surface area (Å²) in [4.78, 5) is 20.3. The fourth-order valence-electron chi connectivity index (χ4n) is 3.64. The number of benzene rings is 3. The van der Waals surface area contributed by atoms with Crippen molar-refractivity contribution in [3.8, 4) is 11.5 Å². The zero-order valence-corrected chi connectivity index (χ0v) is 16.5. The van der Waals surface area contributed by atoms with Gasteiger partial charge >= 0.3 is 6.18 Å². The molecule has 0 spiro atoms. The second-order valence-electron chi connectivity index (χ2n) is 7.27. The number of hydrogen-bond acceptors (Lipinski definition) is 3. The Balaban J connectivity index is 1.39. The maximum absolute atomic E-state index is 13.2. The largest absolute Gasteiger partial charge is 0.416 e. The first-order valence-corrected chi connectivity index (χ1v) is 9.77. The smallest absolute Gasteiger partial charge is 0.348 e. The summed E-state index contributed by atoms with van der Waals surface area (Å²) in [6.07, 6.45) is -4.48. The lowest BCUT2D eigenvalue weighted by molar-refractivity contribution is -0.138. The molecule has 5 rings (SSSR count). The Morgan fingerprint density at radius 1 is 0.969 bits per heavy atom. The summed E-state index contributed by atoms with van der Waals surface area (Å²) in [6.45, 7) is -0.236. The molecule has 0 radical (unpaired) electrons. The molecule has 0 saturated heterocycles. The van der Waals surface area contributed by atoms with Gasteiger partial charge < -0.3 is 10.3 Å². The van der Waals surface area contributed by atoms with Crippen LogP contribution in [0.3, 0.4) is 0 Å². The van der Waals surface area contributed by atoms with Gasteiger partial charge in [-0.15, -0.1) is 0 Å². The van der Waals surface area contributed by atoms with Gasteiger partial charge in [-0.3, -0.25) is 9.89 Å². The standard InChI is InChI=1S/C23H16F3N5O/c24-23(25,26)16-7-3-1-5-14(16)12-27-22(32)13-9-10-18-19(11-13)29-21(28-18)20-15-6-2-4-8-17(15)30-31-20/h1-11H,12H2,(H,27,32)(H,28,29)(H,30,31). The van der Waals surface area contributed by atoms with Crippen LogP contribution in [0.4, 0.5) is 13.2 Å². The normalized spacial score (nSPS) is 11.8. The first kappa shape index (κ1) is 19.8. The van der Waals surface area contributed by atoms with Crippen molar-refractivity contribution in [3.05, 3.63) is 83.4 Å². The number of nitrogens with zero attached hydrogens (tertiary/aromatic N) is 2. The van der Waals surface area contributed by atoms with E-state index >= 15 is 0 Å². The van der Waals surface area contributed by atoms with Crippen molar-refractivity contribution in [3.63, 3.8) is 0 Å². The number of carbonyl (C=O) groups excluding carboxylic acids is 1. The van der Waals surface area contributed by atoms with Gasteiger partial charge in [-0.05, 0) is 35.9 Å². The van der Waals surface area contributed by atoms with Crippen molar-refractivity contribution in [1.29, 1.82) is 0 Å². The number of rotatable bonds is 4. The van der Waals surface area contributed by atoms with Gasteiger partial charge in [-0.1, -0.05) is 36.4 Å². The number of para-hydroxylation sites is 1. The minimum atomic E-state index is -4.48. The van der Waals surface area contributed by atoms with E-state index in [0.29, 0.717) is 28.1 Å². The minimum absolute atomic E-state index is 0.00339. The van der Waals surface area contributed by atoms with Gasteiger partial charge in [-0.2, -0.15) is 18.3 Å². The molecule has 9 heteroatoms. The molecule has 1 amide bonds. The number of imidazole rings is 1. The average Bonchev–Trinajstić information content (AvgIpc) is 3.40. The summed E-state index contributed by atoms with van der Waals surface area (Å²) in [5, 5.41) is 10.7. The molecule has 32 heavy (non-hydrogen) atoms. The highest BCUT2D eigenvalue weighted by Crippen LogP contribution is 2.32. The molecule has 160 valence electrons. The fraction of sp³-hybridized carbons (Fsp3) is 0.0870. The number of amides is 1. The maximum atomic E-state index is 13.2. The van der Waals surface area contributed by atoms with Crippen molar-refractivity contribution in [2.45, 2.75) is 12.7 Å². The van der Waals surface area contributed by atoms with Crippen LogP contribution in [0.5, 0.6) is 0 Å². The van der Waals surface area contributed by atoms with Crippen molar-refractivity contribution in [2.24, 2.45) is 0 Å². The molecule has 0 aliphatic heterocycles. The number of aromatic nitrogens is 4. The van der Waals surface area contributed by atoms with Crippen LogP contribution in [0, 0.1) is 0 Å². The van der Waals surface area contributed by atoms with E-state index in [1.54, 1.807) is 18.2 Å². The third-order valence-electron chi connectivity index (χ3n) is 5.20. The van der Waals surface area contributed by atoms with Gasteiger partial charge in [0, 0.05) is 17.5 Å². The molecule has 0 fully saturated rings. The Bertz CT molecular complexity index is 1450. The SMILES string of the molecule is O=C(NCc1ccccc1C(F)(F)F)c1ccc2nc(-c3n[nH]c4ccccc34)[nH]c2c1. The topological polar surface area (TPSA) is 86.5 Å². The van der Waals surface area contributed by atoms with Crippen LogP contribution >= 0.6 is 0 Å². The highest BCUT2D eigenvalue weighted by Gasteiger charge is 2.32. The second kappa shape index (κ2) is 7.52. The molecule has 0 saturated carbocycles. The highest BCUT2D eigenvalue weighted by atomic mass is 19.4. The molecule has 0 aliphatic carbocycles. The predicted octanol–water partition coefficient (Wildman–Crippen LogP) is 5.06. The number of halogens is 3. The Morgan fingerprint density at radius 2 is 1.75 bits per heavy atom. The van der Waals surface area contributed by atoms with E-state index in [1.807, 2.05) is 24.3 Å². The number of aromatic amines is 2. The molecule has 0 aliphatic rings. The number of carbonyl (C=O) groups is 1. The molecule has 2 heterocycles. The molecule has 0 bridgehead atoms. The summed E-state index contributed by atoms with van der Waals surface area (Å²) in [5.41, 5.74) is 2.35. The molecule has 2 aromatic heterocycles. The van der Waals surface area contributed by atoms with Crippen LogP contribution in [-0.4, -0.2) is 26.1 Å². The summed E-state index contributed by atoms with van der Waals surface area (Å²) < 4.78 is 39.5. The monoisotopic (exact) mass is 435 g/mol. The highest BCUT2D eigenvalue weighted by molar-refractivity contribution is 5.98. The zero-order chi connectivity index (χ0) is 22.3. The molecule has 3 N–H and O–H groups in total. The zero-order valence-electron chi connectivity index (χ0n) is 16.5. The van der Waals surface area contributed by atoms with Crippen LogP contribution in [0.25, 0.3) is 33.5 Å². The van der Waals surface area contributed by atoms with E-state index in [-0.39, 0.29) is 12.1 Å². The van der Waals surface area contributed by atoms with Crippen molar-refractivity contribution in [1.82, 2.24) is 25.5 Å². The van der Waals surface area contributed by atoms with Crippen LogP contribution in [0.2, 0.25) is 0 Å². The summed E-state index contributed by atoms with van der Waals surface area (Å²) in [6, 6.07) is 17.7. The van der Waals surface area contributed by atoms with E-state index in [1.165, 1.54) is 18.2 Å². The van der Waals surface area contributed by atoms with Crippen molar-refractivity contribution in [2.75, 3.05) is 0 Å². The van der Waals surface area contributed by atoms with Gasteiger partial charge in [0.05, 0.1) is 22.1 Å².